The molecule has 0 bridgehead atoms. The molecule has 0 aliphatic rings. The number of rotatable bonds is 4. The molecule has 106 valence electrons. The van der Waals surface area contributed by atoms with Gasteiger partial charge in [0.15, 0.2) is 0 Å². The largest absolute Gasteiger partial charge is 0.337 e. The van der Waals surface area contributed by atoms with Crippen LogP contribution in [0, 0.1) is 0 Å². The molecule has 21 heavy (non-hydrogen) atoms. The first-order valence-electron chi connectivity index (χ1n) is 6.31. The molecule has 3 aromatic rings. The number of aromatic amines is 2. The van der Waals surface area contributed by atoms with Crippen molar-refractivity contribution in [1.82, 2.24) is 35.7 Å². The third-order valence-corrected chi connectivity index (χ3v) is 3.03. The lowest BCUT2D eigenvalue weighted by atomic mass is 10.1. The van der Waals surface area contributed by atoms with Gasteiger partial charge in [0.25, 0.3) is 5.91 Å². The number of H-pyrrole nitrogens is 2. The molecule has 0 saturated carbocycles. The molecule has 0 aliphatic carbocycles. The molecule has 2 N–H and O–H groups in total. The molecular weight excluding hydrogens is 270 g/mol. The summed E-state index contributed by atoms with van der Waals surface area (Å²) in [4.78, 5) is 14.0. The van der Waals surface area contributed by atoms with Crippen LogP contribution < -0.4 is 0 Å². The van der Waals surface area contributed by atoms with E-state index < -0.39 is 0 Å². The zero-order valence-corrected chi connectivity index (χ0v) is 11.3. The van der Waals surface area contributed by atoms with Gasteiger partial charge in [-0.3, -0.25) is 9.89 Å². The molecular formula is C13H13N7O. The van der Waals surface area contributed by atoms with E-state index in [-0.39, 0.29) is 5.91 Å². The van der Waals surface area contributed by atoms with Crippen LogP contribution in [0.5, 0.6) is 0 Å². The van der Waals surface area contributed by atoms with Crippen LogP contribution in [0.25, 0.3) is 11.4 Å². The van der Waals surface area contributed by atoms with E-state index in [1.165, 1.54) is 0 Å². The summed E-state index contributed by atoms with van der Waals surface area (Å²) in [7, 11) is 1.75. The van der Waals surface area contributed by atoms with E-state index in [0.717, 1.165) is 11.1 Å². The summed E-state index contributed by atoms with van der Waals surface area (Å²) in [5, 5.41) is 20.3. The number of carbonyl (C=O) groups excluding carboxylic acids is 1. The number of nitrogens with one attached hydrogen (secondary N) is 2. The summed E-state index contributed by atoms with van der Waals surface area (Å²) in [5.41, 5.74) is 2.26. The molecule has 3 rings (SSSR count). The van der Waals surface area contributed by atoms with Crippen LogP contribution in [-0.2, 0) is 6.54 Å². The second-order valence-electron chi connectivity index (χ2n) is 4.58. The molecule has 1 aromatic carbocycles. The van der Waals surface area contributed by atoms with Crippen LogP contribution in [-0.4, -0.2) is 48.7 Å². The number of amides is 1. The van der Waals surface area contributed by atoms with Crippen LogP contribution in [0.3, 0.4) is 0 Å². The maximum atomic E-state index is 12.4. The second kappa shape index (κ2) is 5.53. The van der Waals surface area contributed by atoms with Crippen molar-refractivity contribution in [2.75, 3.05) is 7.05 Å². The van der Waals surface area contributed by atoms with Crippen molar-refractivity contribution in [2.24, 2.45) is 0 Å². The first kappa shape index (κ1) is 13.0. The molecule has 2 aromatic heterocycles. The highest BCUT2D eigenvalue weighted by atomic mass is 16.2. The normalized spacial score (nSPS) is 10.5. The van der Waals surface area contributed by atoms with Gasteiger partial charge in [0, 0.05) is 36.5 Å². The topological polar surface area (TPSA) is 103 Å². The highest BCUT2D eigenvalue weighted by Crippen LogP contribution is 2.16. The molecule has 8 nitrogen and oxygen atoms in total. The first-order chi connectivity index (χ1) is 10.2. The Morgan fingerprint density at radius 1 is 1.38 bits per heavy atom. The van der Waals surface area contributed by atoms with Crippen molar-refractivity contribution in [3.8, 4) is 11.4 Å². The van der Waals surface area contributed by atoms with Gasteiger partial charge in [-0.1, -0.05) is 12.1 Å². The van der Waals surface area contributed by atoms with Crippen molar-refractivity contribution < 1.29 is 4.79 Å². The average molecular weight is 283 g/mol. The Labute approximate surface area is 120 Å². The zero-order chi connectivity index (χ0) is 14.7. The predicted octanol–water partition coefficient (Wildman–Crippen LogP) is 0.862. The monoisotopic (exact) mass is 283 g/mol. The van der Waals surface area contributed by atoms with Crippen LogP contribution in [0.4, 0.5) is 0 Å². The van der Waals surface area contributed by atoms with Crippen molar-refractivity contribution in [1.29, 1.82) is 0 Å². The van der Waals surface area contributed by atoms with Crippen LogP contribution in [0.2, 0.25) is 0 Å². The highest BCUT2D eigenvalue weighted by Gasteiger charge is 2.14. The molecule has 8 heteroatoms. The smallest absolute Gasteiger partial charge is 0.253 e. The van der Waals surface area contributed by atoms with Crippen molar-refractivity contribution in [3.63, 3.8) is 0 Å². The fourth-order valence-corrected chi connectivity index (χ4v) is 2.01. The number of tetrazole rings is 1. The molecule has 0 saturated heterocycles. The van der Waals surface area contributed by atoms with E-state index in [1.807, 2.05) is 6.07 Å². The Balaban J connectivity index is 1.80. The maximum absolute atomic E-state index is 12.4. The predicted molar refractivity (Wildman–Crippen MR) is 74.0 cm³/mol. The summed E-state index contributed by atoms with van der Waals surface area (Å²) < 4.78 is 0. The van der Waals surface area contributed by atoms with Crippen molar-refractivity contribution >= 4 is 5.91 Å². The third kappa shape index (κ3) is 2.78. The highest BCUT2D eigenvalue weighted by molar-refractivity contribution is 5.95. The fourth-order valence-electron chi connectivity index (χ4n) is 2.01. The Morgan fingerprint density at radius 3 is 3.00 bits per heavy atom. The zero-order valence-electron chi connectivity index (χ0n) is 11.3. The molecule has 0 atom stereocenters. The molecule has 0 aliphatic heterocycles. The number of aromatic nitrogens is 6. The van der Waals surface area contributed by atoms with Gasteiger partial charge in [-0.25, -0.2) is 0 Å². The van der Waals surface area contributed by atoms with Gasteiger partial charge in [-0.2, -0.15) is 10.3 Å². The number of hydrogen-bond acceptors (Lipinski definition) is 5. The van der Waals surface area contributed by atoms with Crippen LogP contribution in [0.15, 0.2) is 36.7 Å². The van der Waals surface area contributed by atoms with Crippen molar-refractivity contribution in [2.45, 2.75) is 6.54 Å². The van der Waals surface area contributed by atoms with Gasteiger partial charge in [0.2, 0.25) is 5.82 Å². The van der Waals surface area contributed by atoms with E-state index in [1.54, 1.807) is 42.5 Å². The Hall–Kier alpha value is -3.03. The molecule has 2 heterocycles. The summed E-state index contributed by atoms with van der Waals surface area (Å²) >= 11 is 0. The summed E-state index contributed by atoms with van der Waals surface area (Å²) in [6.45, 7) is 0.488. The molecule has 0 spiro atoms. The Kier molecular flexibility index (Phi) is 3.42. The average Bonchev–Trinajstić information content (AvgIpc) is 3.20. The van der Waals surface area contributed by atoms with E-state index in [2.05, 4.69) is 30.8 Å². The van der Waals surface area contributed by atoms with E-state index in [9.17, 15) is 4.79 Å². The maximum Gasteiger partial charge on any atom is 0.253 e. The lowest BCUT2D eigenvalue weighted by Crippen LogP contribution is -2.26. The summed E-state index contributed by atoms with van der Waals surface area (Å²) in [6, 6.07) is 7.14. The lowest BCUT2D eigenvalue weighted by Gasteiger charge is -2.16. The molecule has 0 fully saturated rings. The second-order valence-corrected chi connectivity index (χ2v) is 4.58. The van der Waals surface area contributed by atoms with Gasteiger partial charge in [-0.05, 0) is 17.3 Å². The number of benzene rings is 1. The summed E-state index contributed by atoms with van der Waals surface area (Å²) in [5.74, 6) is 0.378. The third-order valence-electron chi connectivity index (χ3n) is 3.03. The van der Waals surface area contributed by atoms with Crippen LogP contribution in [0.1, 0.15) is 15.9 Å². The quantitative estimate of drug-likeness (QED) is 0.739. The van der Waals surface area contributed by atoms with E-state index in [0.29, 0.717) is 17.9 Å². The SMILES string of the molecule is CN(Cc1cn[nH]c1)C(=O)c1cccc(-c2nn[nH]n2)c1. The van der Waals surface area contributed by atoms with Crippen molar-refractivity contribution in [3.05, 3.63) is 47.8 Å². The number of hydrogen-bond donors (Lipinski definition) is 2. The van der Waals surface area contributed by atoms with Gasteiger partial charge >= 0.3 is 0 Å². The first-order valence-corrected chi connectivity index (χ1v) is 6.31. The summed E-state index contributed by atoms with van der Waals surface area (Å²) in [6.07, 6.45) is 3.46. The number of carbonyl (C=O) groups is 1. The van der Waals surface area contributed by atoms with Gasteiger partial charge in [0.1, 0.15) is 0 Å². The minimum atomic E-state index is -0.0819. The molecule has 0 unspecified atom stereocenters. The Morgan fingerprint density at radius 2 is 2.29 bits per heavy atom. The lowest BCUT2D eigenvalue weighted by molar-refractivity contribution is 0.0785. The van der Waals surface area contributed by atoms with E-state index >= 15 is 0 Å². The fraction of sp³-hybridized carbons (Fsp3) is 0.154. The van der Waals surface area contributed by atoms with Gasteiger partial charge < -0.3 is 4.90 Å². The van der Waals surface area contributed by atoms with Gasteiger partial charge in [0.05, 0.1) is 6.20 Å². The van der Waals surface area contributed by atoms with Gasteiger partial charge in [-0.15, -0.1) is 10.2 Å². The standard InChI is InChI=1S/C13H13N7O/c1-20(8-9-6-14-15-7-9)13(21)11-4-2-3-10(5-11)12-16-18-19-17-12/h2-7H,8H2,1H3,(H,14,15)(H,16,17,18,19). The Bertz CT molecular complexity index is 721. The minimum Gasteiger partial charge on any atom is -0.337 e. The van der Waals surface area contributed by atoms with Crippen LogP contribution >= 0.6 is 0 Å². The molecule has 0 radical (unpaired) electrons. The number of nitrogens with zero attached hydrogens (tertiary/aromatic N) is 5. The minimum absolute atomic E-state index is 0.0819. The molecule has 1 amide bonds. The van der Waals surface area contributed by atoms with E-state index in [4.69, 9.17) is 0 Å².